The number of ether oxygens (including phenoxy) is 1. The predicted molar refractivity (Wildman–Crippen MR) is 61.9 cm³/mol. The molecule has 1 aromatic rings. The second-order valence-corrected chi connectivity index (χ2v) is 4.07. The second kappa shape index (κ2) is 5.32. The maximum absolute atomic E-state index is 11.5. The first kappa shape index (κ1) is 12.1. The smallest absolute Gasteiger partial charge is 0.307 e. The summed E-state index contributed by atoms with van der Waals surface area (Å²) >= 11 is 0. The van der Waals surface area contributed by atoms with Gasteiger partial charge in [0.25, 0.3) is 0 Å². The van der Waals surface area contributed by atoms with Crippen molar-refractivity contribution in [3.05, 3.63) is 35.9 Å². The topological polar surface area (TPSA) is 79.2 Å². The number of nitriles is 1. The highest BCUT2D eigenvalue weighted by Gasteiger charge is 2.41. The van der Waals surface area contributed by atoms with Gasteiger partial charge < -0.3 is 10.1 Å². The first-order chi connectivity index (χ1) is 8.70. The van der Waals surface area contributed by atoms with E-state index >= 15 is 0 Å². The Kier molecular flexibility index (Phi) is 3.58. The van der Waals surface area contributed by atoms with Crippen LogP contribution in [0.4, 0.5) is 0 Å². The van der Waals surface area contributed by atoms with E-state index in [-0.39, 0.29) is 18.9 Å². The Morgan fingerprint density at radius 2 is 2.11 bits per heavy atom. The normalized spacial score (nSPS) is 21.4. The van der Waals surface area contributed by atoms with E-state index in [1.54, 1.807) is 0 Å². The van der Waals surface area contributed by atoms with Crippen LogP contribution in [-0.4, -0.2) is 17.9 Å². The molecule has 1 aromatic carbocycles. The van der Waals surface area contributed by atoms with Crippen LogP contribution in [0.2, 0.25) is 0 Å². The molecule has 0 saturated carbocycles. The van der Waals surface area contributed by atoms with Gasteiger partial charge in [-0.3, -0.25) is 9.59 Å². The standard InChI is InChI=1S/C13H12N2O3/c14-7-11-10(13(17)15-11)6-12(16)18-8-9-4-2-1-3-5-9/h1-5,10-11H,6,8H2,(H,15,17)/t10-,11-/m1/s1. The third-order valence-electron chi connectivity index (χ3n) is 2.81. The van der Waals surface area contributed by atoms with Crippen molar-refractivity contribution < 1.29 is 14.3 Å². The Balaban J connectivity index is 1.79. The zero-order valence-electron chi connectivity index (χ0n) is 9.63. The quantitative estimate of drug-likeness (QED) is 0.626. The largest absolute Gasteiger partial charge is 0.461 e. The Labute approximate surface area is 104 Å². The van der Waals surface area contributed by atoms with Crippen molar-refractivity contribution in [1.82, 2.24) is 5.32 Å². The number of rotatable bonds is 4. The summed E-state index contributed by atoms with van der Waals surface area (Å²) in [5.74, 6) is -1.30. The lowest BCUT2D eigenvalue weighted by atomic mass is 9.88. The minimum atomic E-state index is -0.571. The van der Waals surface area contributed by atoms with Gasteiger partial charge in [-0.1, -0.05) is 30.3 Å². The lowest BCUT2D eigenvalue weighted by molar-refractivity contribution is -0.151. The fourth-order valence-corrected chi connectivity index (χ4v) is 1.73. The number of nitrogens with one attached hydrogen (secondary N) is 1. The van der Waals surface area contributed by atoms with Crippen molar-refractivity contribution in [1.29, 1.82) is 5.26 Å². The van der Waals surface area contributed by atoms with Gasteiger partial charge in [-0.15, -0.1) is 0 Å². The Bertz CT molecular complexity index is 493. The number of β-lactam (4-membered cyclic amide) rings is 1. The summed E-state index contributed by atoms with van der Waals surface area (Å²) in [6.07, 6.45) is -0.0447. The summed E-state index contributed by atoms with van der Waals surface area (Å²) < 4.78 is 5.05. The lowest BCUT2D eigenvalue weighted by Gasteiger charge is -2.30. The molecule has 5 heteroatoms. The summed E-state index contributed by atoms with van der Waals surface area (Å²) in [7, 11) is 0. The lowest BCUT2D eigenvalue weighted by Crippen LogP contribution is -2.57. The summed E-state index contributed by atoms with van der Waals surface area (Å²) in [6, 6.07) is 10.6. The van der Waals surface area contributed by atoms with Crippen LogP contribution in [-0.2, 0) is 20.9 Å². The van der Waals surface area contributed by atoms with Crippen molar-refractivity contribution in [2.75, 3.05) is 0 Å². The molecule has 1 heterocycles. The molecule has 0 aliphatic carbocycles. The fourth-order valence-electron chi connectivity index (χ4n) is 1.73. The molecule has 5 nitrogen and oxygen atoms in total. The van der Waals surface area contributed by atoms with Crippen molar-refractivity contribution in [3.63, 3.8) is 0 Å². The highest BCUT2D eigenvalue weighted by molar-refractivity contribution is 5.90. The van der Waals surface area contributed by atoms with Gasteiger partial charge in [0.2, 0.25) is 5.91 Å². The van der Waals surface area contributed by atoms with Crippen LogP contribution in [0.1, 0.15) is 12.0 Å². The molecule has 0 aromatic heterocycles. The van der Waals surface area contributed by atoms with Gasteiger partial charge >= 0.3 is 5.97 Å². The first-order valence-electron chi connectivity index (χ1n) is 5.60. The molecule has 1 amide bonds. The summed E-state index contributed by atoms with van der Waals surface area (Å²) in [5.41, 5.74) is 0.890. The van der Waals surface area contributed by atoms with Crippen LogP contribution in [0.3, 0.4) is 0 Å². The fraction of sp³-hybridized carbons (Fsp3) is 0.308. The van der Waals surface area contributed by atoms with Crippen LogP contribution in [0.15, 0.2) is 30.3 Å². The predicted octanol–water partition coefficient (Wildman–Crippen LogP) is 0.758. The van der Waals surface area contributed by atoms with Crippen LogP contribution in [0.25, 0.3) is 0 Å². The molecule has 1 fully saturated rings. The Hall–Kier alpha value is -2.35. The van der Waals surface area contributed by atoms with E-state index in [4.69, 9.17) is 10.00 Å². The second-order valence-electron chi connectivity index (χ2n) is 4.07. The van der Waals surface area contributed by atoms with Crippen molar-refractivity contribution in [3.8, 4) is 6.07 Å². The van der Waals surface area contributed by atoms with E-state index in [1.165, 1.54) is 0 Å². The molecule has 1 aliphatic rings. The van der Waals surface area contributed by atoms with Crippen molar-refractivity contribution >= 4 is 11.9 Å². The van der Waals surface area contributed by atoms with E-state index in [9.17, 15) is 9.59 Å². The van der Waals surface area contributed by atoms with Gasteiger partial charge in [-0.2, -0.15) is 5.26 Å². The SMILES string of the molecule is N#C[C@H]1NC(=O)[C@@H]1CC(=O)OCc1ccccc1. The van der Waals surface area contributed by atoms with E-state index in [0.29, 0.717) is 0 Å². The highest BCUT2D eigenvalue weighted by Crippen LogP contribution is 2.19. The molecule has 2 atom stereocenters. The first-order valence-corrected chi connectivity index (χ1v) is 5.60. The number of benzene rings is 1. The molecule has 1 N–H and O–H groups in total. The van der Waals surface area contributed by atoms with Gasteiger partial charge in [0, 0.05) is 0 Å². The molecular weight excluding hydrogens is 232 g/mol. The van der Waals surface area contributed by atoms with E-state index in [2.05, 4.69) is 5.32 Å². The van der Waals surface area contributed by atoms with E-state index in [1.807, 2.05) is 36.4 Å². The maximum atomic E-state index is 11.5. The number of hydrogen-bond donors (Lipinski definition) is 1. The van der Waals surface area contributed by atoms with Crippen molar-refractivity contribution in [2.45, 2.75) is 19.1 Å². The average Bonchev–Trinajstić information content (AvgIpc) is 2.41. The number of nitrogens with zero attached hydrogens (tertiary/aromatic N) is 1. The summed E-state index contributed by atoms with van der Waals surface area (Å²) in [5, 5.41) is 11.1. The minimum absolute atomic E-state index is 0.0447. The monoisotopic (exact) mass is 244 g/mol. The third-order valence-corrected chi connectivity index (χ3v) is 2.81. The van der Waals surface area contributed by atoms with Crippen LogP contribution in [0.5, 0.6) is 0 Å². The molecule has 1 aliphatic heterocycles. The van der Waals surface area contributed by atoms with Gasteiger partial charge in [0.05, 0.1) is 18.4 Å². The summed E-state index contributed by atoms with van der Waals surface area (Å²) in [4.78, 5) is 22.7. The van der Waals surface area contributed by atoms with E-state index in [0.717, 1.165) is 5.56 Å². The van der Waals surface area contributed by atoms with Crippen molar-refractivity contribution in [2.24, 2.45) is 5.92 Å². The molecule has 0 spiro atoms. The molecule has 0 radical (unpaired) electrons. The molecule has 18 heavy (non-hydrogen) atoms. The number of amides is 1. The zero-order valence-corrected chi connectivity index (χ0v) is 9.63. The minimum Gasteiger partial charge on any atom is -0.461 e. The van der Waals surface area contributed by atoms with Gasteiger partial charge in [-0.25, -0.2) is 0 Å². The van der Waals surface area contributed by atoms with E-state index < -0.39 is 17.9 Å². The van der Waals surface area contributed by atoms with Crippen LogP contribution in [0, 0.1) is 17.2 Å². The van der Waals surface area contributed by atoms with Gasteiger partial charge in [0.1, 0.15) is 12.6 Å². The number of hydrogen-bond acceptors (Lipinski definition) is 4. The molecular formula is C13H12N2O3. The molecule has 0 bridgehead atoms. The number of carbonyl (C=O) groups excluding carboxylic acids is 2. The zero-order chi connectivity index (χ0) is 13.0. The molecule has 92 valence electrons. The Morgan fingerprint density at radius 3 is 2.72 bits per heavy atom. The molecule has 0 unspecified atom stereocenters. The van der Waals surface area contributed by atoms with Gasteiger partial charge in [0.15, 0.2) is 0 Å². The van der Waals surface area contributed by atoms with Crippen LogP contribution < -0.4 is 5.32 Å². The summed E-state index contributed by atoms with van der Waals surface area (Å²) in [6.45, 7) is 0.186. The molecule has 1 saturated heterocycles. The third kappa shape index (κ3) is 2.66. The number of carbonyl (C=O) groups is 2. The molecule has 2 rings (SSSR count). The maximum Gasteiger partial charge on any atom is 0.307 e. The number of esters is 1. The highest BCUT2D eigenvalue weighted by atomic mass is 16.5. The van der Waals surface area contributed by atoms with Gasteiger partial charge in [-0.05, 0) is 5.56 Å². The Morgan fingerprint density at radius 1 is 1.39 bits per heavy atom. The van der Waals surface area contributed by atoms with Crippen LogP contribution >= 0.6 is 0 Å². The average molecular weight is 244 g/mol.